The molecule has 0 bridgehead atoms. The number of amides is 1. The van der Waals surface area contributed by atoms with Crippen molar-refractivity contribution in [3.8, 4) is 0 Å². The van der Waals surface area contributed by atoms with Crippen LogP contribution >= 0.6 is 0 Å². The summed E-state index contributed by atoms with van der Waals surface area (Å²) in [6.07, 6.45) is 5.56. The minimum absolute atomic E-state index is 0.0960. The number of hydrogen-bond donors (Lipinski definition) is 1. The van der Waals surface area contributed by atoms with E-state index in [1.807, 2.05) is 49.3 Å². The minimum atomic E-state index is 0.0960. The zero-order valence-electron chi connectivity index (χ0n) is 14.8. The molecule has 130 valence electrons. The first-order valence-electron chi connectivity index (χ1n) is 8.41. The predicted octanol–water partition coefficient (Wildman–Crippen LogP) is 3.10. The largest absolute Gasteiger partial charge is 0.381 e. The lowest BCUT2D eigenvalue weighted by atomic mass is 10.1. The highest BCUT2D eigenvalue weighted by Crippen LogP contribution is 2.14. The molecule has 1 amide bonds. The summed E-state index contributed by atoms with van der Waals surface area (Å²) < 4.78 is 1.77. The van der Waals surface area contributed by atoms with Crippen molar-refractivity contribution in [1.29, 1.82) is 0 Å². The minimum Gasteiger partial charge on any atom is -0.381 e. The first kappa shape index (κ1) is 17.0. The van der Waals surface area contributed by atoms with Crippen LogP contribution in [0.25, 0.3) is 5.65 Å². The fraction of sp³-hybridized carbons (Fsp3) is 0.316. The monoisotopic (exact) mass is 337 g/mol. The van der Waals surface area contributed by atoms with Gasteiger partial charge in [-0.15, -0.1) is 0 Å². The van der Waals surface area contributed by atoms with E-state index in [4.69, 9.17) is 0 Å². The van der Waals surface area contributed by atoms with Crippen LogP contribution in [0.15, 0.2) is 48.9 Å². The van der Waals surface area contributed by atoms with Gasteiger partial charge >= 0.3 is 0 Å². The molecule has 0 atom stereocenters. The van der Waals surface area contributed by atoms with Crippen LogP contribution in [0.2, 0.25) is 0 Å². The molecule has 2 heterocycles. The Labute approximate surface area is 147 Å². The van der Waals surface area contributed by atoms with Crippen LogP contribution in [0.5, 0.6) is 0 Å². The number of carbonyl (C=O) groups excluding carboxylic acids is 1. The van der Waals surface area contributed by atoms with Gasteiger partial charge in [0.15, 0.2) is 5.65 Å². The second-order valence-electron chi connectivity index (χ2n) is 6.39. The first-order chi connectivity index (χ1) is 12.0. The maximum Gasteiger partial charge on any atom is 0.219 e. The summed E-state index contributed by atoms with van der Waals surface area (Å²) in [5, 5.41) is 7.58. The summed E-state index contributed by atoms with van der Waals surface area (Å²) in [6, 6.07) is 10.2. The molecule has 0 radical (unpaired) electrons. The summed E-state index contributed by atoms with van der Waals surface area (Å²) in [5.41, 5.74) is 4.05. The number of nitrogens with zero attached hydrogens (tertiary/aromatic N) is 4. The number of hydrogen-bond acceptors (Lipinski definition) is 4. The van der Waals surface area contributed by atoms with Crippen molar-refractivity contribution >= 4 is 17.2 Å². The standard InChI is InChI=1S/C19H23N5O/c1-14(2)23(15(3)25)12-16-4-6-18(7-5-16)20-10-17-11-21-19-8-9-22-24(19)13-17/h4-9,11,13-14,20H,10,12H2,1-3H3. The van der Waals surface area contributed by atoms with E-state index < -0.39 is 0 Å². The fourth-order valence-corrected chi connectivity index (χ4v) is 2.73. The third kappa shape index (κ3) is 4.15. The SMILES string of the molecule is CC(=O)N(Cc1ccc(NCc2cnc3ccnn3c2)cc1)C(C)C. The van der Waals surface area contributed by atoms with Crippen LogP contribution in [-0.4, -0.2) is 31.4 Å². The molecule has 0 fully saturated rings. The Hall–Kier alpha value is -2.89. The highest BCUT2D eigenvalue weighted by atomic mass is 16.2. The normalized spacial score (nSPS) is 11.0. The zero-order chi connectivity index (χ0) is 17.8. The van der Waals surface area contributed by atoms with E-state index >= 15 is 0 Å². The molecule has 0 spiro atoms. The van der Waals surface area contributed by atoms with E-state index in [2.05, 4.69) is 27.5 Å². The molecule has 6 nitrogen and oxygen atoms in total. The number of nitrogens with one attached hydrogen (secondary N) is 1. The van der Waals surface area contributed by atoms with E-state index in [1.54, 1.807) is 17.6 Å². The van der Waals surface area contributed by atoms with Gasteiger partial charge in [-0.1, -0.05) is 12.1 Å². The molecule has 3 aromatic rings. The highest BCUT2D eigenvalue weighted by molar-refractivity contribution is 5.73. The molecule has 25 heavy (non-hydrogen) atoms. The Balaban J connectivity index is 1.61. The van der Waals surface area contributed by atoms with Gasteiger partial charge in [-0.3, -0.25) is 4.79 Å². The molecule has 0 saturated heterocycles. The van der Waals surface area contributed by atoms with Crippen molar-refractivity contribution in [1.82, 2.24) is 19.5 Å². The molecule has 1 aromatic carbocycles. The molecule has 3 rings (SSSR count). The van der Waals surface area contributed by atoms with Crippen LogP contribution in [-0.2, 0) is 17.9 Å². The molecule has 0 unspecified atom stereocenters. The second kappa shape index (κ2) is 7.34. The number of aromatic nitrogens is 3. The van der Waals surface area contributed by atoms with Crippen molar-refractivity contribution in [3.63, 3.8) is 0 Å². The van der Waals surface area contributed by atoms with Crippen molar-refractivity contribution in [2.45, 2.75) is 39.9 Å². The van der Waals surface area contributed by atoms with Gasteiger partial charge < -0.3 is 10.2 Å². The van der Waals surface area contributed by atoms with Crippen LogP contribution in [0.4, 0.5) is 5.69 Å². The fourth-order valence-electron chi connectivity index (χ4n) is 2.73. The average Bonchev–Trinajstić information content (AvgIpc) is 3.06. The van der Waals surface area contributed by atoms with Crippen LogP contribution in [0, 0.1) is 0 Å². The quantitative estimate of drug-likeness (QED) is 0.751. The van der Waals surface area contributed by atoms with Crippen molar-refractivity contribution in [2.24, 2.45) is 0 Å². The summed E-state index contributed by atoms with van der Waals surface area (Å²) in [7, 11) is 0. The van der Waals surface area contributed by atoms with Gasteiger partial charge in [0.2, 0.25) is 5.91 Å². The van der Waals surface area contributed by atoms with Crippen molar-refractivity contribution < 1.29 is 4.79 Å². The van der Waals surface area contributed by atoms with Gasteiger partial charge in [0.1, 0.15) is 0 Å². The maximum atomic E-state index is 11.7. The number of fused-ring (bicyclic) bond motifs is 1. The first-order valence-corrected chi connectivity index (χ1v) is 8.41. The predicted molar refractivity (Wildman–Crippen MR) is 98.1 cm³/mol. The van der Waals surface area contributed by atoms with Gasteiger partial charge in [-0.05, 0) is 31.5 Å². The van der Waals surface area contributed by atoms with E-state index in [9.17, 15) is 4.79 Å². The number of carbonyl (C=O) groups is 1. The van der Waals surface area contributed by atoms with Gasteiger partial charge in [-0.25, -0.2) is 9.50 Å². The van der Waals surface area contributed by atoms with Gasteiger partial charge in [0.25, 0.3) is 0 Å². The zero-order valence-corrected chi connectivity index (χ0v) is 14.8. The topological polar surface area (TPSA) is 62.5 Å². The Morgan fingerprint density at radius 1 is 1.20 bits per heavy atom. The number of anilines is 1. The molecule has 0 saturated carbocycles. The van der Waals surface area contributed by atoms with E-state index in [0.29, 0.717) is 13.1 Å². The Morgan fingerprint density at radius 2 is 1.96 bits per heavy atom. The summed E-state index contributed by atoms with van der Waals surface area (Å²) in [4.78, 5) is 17.9. The highest BCUT2D eigenvalue weighted by Gasteiger charge is 2.12. The lowest BCUT2D eigenvalue weighted by Gasteiger charge is -2.25. The van der Waals surface area contributed by atoms with Crippen molar-refractivity contribution in [2.75, 3.05) is 5.32 Å². The summed E-state index contributed by atoms with van der Waals surface area (Å²) >= 11 is 0. The molecular weight excluding hydrogens is 314 g/mol. The lowest BCUT2D eigenvalue weighted by Crippen LogP contribution is -2.34. The van der Waals surface area contributed by atoms with E-state index in [-0.39, 0.29) is 11.9 Å². The van der Waals surface area contributed by atoms with Crippen LogP contribution < -0.4 is 5.32 Å². The smallest absolute Gasteiger partial charge is 0.219 e. The molecular formula is C19H23N5O. The molecule has 1 N–H and O–H groups in total. The third-order valence-corrected chi connectivity index (χ3v) is 4.13. The molecule has 0 aliphatic carbocycles. The molecule has 6 heteroatoms. The Bertz CT molecular complexity index is 854. The van der Waals surface area contributed by atoms with Gasteiger partial charge in [-0.2, -0.15) is 5.10 Å². The molecule has 0 aliphatic rings. The van der Waals surface area contributed by atoms with E-state index in [1.165, 1.54) is 0 Å². The molecule has 0 aliphatic heterocycles. The van der Waals surface area contributed by atoms with Gasteiger partial charge in [0.05, 0.1) is 6.20 Å². The Morgan fingerprint density at radius 3 is 2.64 bits per heavy atom. The average molecular weight is 337 g/mol. The van der Waals surface area contributed by atoms with E-state index in [0.717, 1.165) is 22.5 Å². The Kier molecular flexibility index (Phi) is 4.97. The molecule has 2 aromatic heterocycles. The maximum absolute atomic E-state index is 11.7. The number of benzene rings is 1. The lowest BCUT2D eigenvalue weighted by molar-refractivity contribution is -0.131. The summed E-state index contributed by atoms with van der Waals surface area (Å²) in [6.45, 7) is 6.98. The third-order valence-electron chi connectivity index (χ3n) is 4.13. The van der Waals surface area contributed by atoms with Crippen LogP contribution in [0.3, 0.4) is 0 Å². The van der Waals surface area contributed by atoms with Crippen LogP contribution in [0.1, 0.15) is 31.9 Å². The van der Waals surface area contributed by atoms with Gasteiger partial charge in [0, 0.05) is 55.8 Å². The summed E-state index contributed by atoms with van der Waals surface area (Å²) in [5.74, 6) is 0.0960. The second-order valence-corrected chi connectivity index (χ2v) is 6.39. The number of rotatable bonds is 6. The van der Waals surface area contributed by atoms with Crippen molar-refractivity contribution in [3.05, 3.63) is 60.0 Å².